The van der Waals surface area contributed by atoms with Crippen LogP contribution in [0, 0.1) is 6.92 Å². The Morgan fingerprint density at radius 2 is 1.74 bits per heavy atom. The molecule has 27 heavy (non-hydrogen) atoms. The molecule has 2 aromatic carbocycles. The number of carbonyl (C=O) groups is 2. The maximum atomic E-state index is 12.2. The van der Waals surface area contributed by atoms with Crippen molar-refractivity contribution in [2.75, 3.05) is 25.7 Å². The van der Waals surface area contributed by atoms with Crippen LogP contribution >= 0.6 is 0 Å². The van der Waals surface area contributed by atoms with E-state index in [0.717, 1.165) is 5.56 Å². The molecule has 0 aliphatic heterocycles. The zero-order chi connectivity index (χ0) is 19.8. The second-order valence-corrected chi connectivity index (χ2v) is 6.22. The first-order valence-corrected chi connectivity index (χ1v) is 8.77. The molecule has 0 bridgehead atoms. The van der Waals surface area contributed by atoms with Crippen LogP contribution < -0.4 is 19.7 Å². The number of nitrogens with zero attached hydrogens (tertiary/aromatic N) is 1. The first-order chi connectivity index (χ1) is 12.9. The molecule has 0 saturated heterocycles. The molecule has 0 aromatic heterocycles. The van der Waals surface area contributed by atoms with Gasteiger partial charge in [0.05, 0.1) is 19.9 Å². The van der Waals surface area contributed by atoms with E-state index >= 15 is 0 Å². The van der Waals surface area contributed by atoms with E-state index in [1.165, 1.54) is 24.5 Å². The Morgan fingerprint density at radius 1 is 1.04 bits per heavy atom. The highest BCUT2D eigenvalue weighted by Gasteiger charge is 2.18. The molecule has 6 nitrogen and oxygen atoms in total. The fraction of sp³-hybridized carbons (Fsp3) is 0.333. The maximum Gasteiger partial charge on any atom is 0.223 e. The Kier molecular flexibility index (Phi) is 7.23. The first kappa shape index (κ1) is 20.3. The molecule has 1 N–H and O–H groups in total. The van der Waals surface area contributed by atoms with Gasteiger partial charge in [-0.1, -0.05) is 29.8 Å². The largest absolute Gasteiger partial charge is 0.497 e. The lowest BCUT2D eigenvalue weighted by Gasteiger charge is -2.23. The Balaban J connectivity index is 1.99. The molecule has 0 unspecified atom stereocenters. The third-order valence-corrected chi connectivity index (χ3v) is 4.23. The summed E-state index contributed by atoms with van der Waals surface area (Å²) >= 11 is 0. The van der Waals surface area contributed by atoms with Crippen molar-refractivity contribution in [3.05, 3.63) is 53.6 Å². The highest BCUT2D eigenvalue weighted by atomic mass is 16.5. The van der Waals surface area contributed by atoms with Gasteiger partial charge in [-0.05, 0) is 24.6 Å². The molecule has 2 rings (SSSR count). The van der Waals surface area contributed by atoms with E-state index < -0.39 is 0 Å². The number of ether oxygens (including phenoxy) is 2. The summed E-state index contributed by atoms with van der Waals surface area (Å²) in [6, 6.07) is 13.2. The topological polar surface area (TPSA) is 67.9 Å². The van der Waals surface area contributed by atoms with Gasteiger partial charge in [0.25, 0.3) is 0 Å². The predicted molar refractivity (Wildman–Crippen MR) is 105 cm³/mol. The van der Waals surface area contributed by atoms with Gasteiger partial charge in [-0.2, -0.15) is 0 Å². The summed E-state index contributed by atoms with van der Waals surface area (Å²) in [7, 11) is 3.10. The quantitative estimate of drug-likeness (QED) is 0.775. The van der Waals surface area contributed by atoms with Crippen LogP contribution in [-0.4, -0.2) is 32.6 Å². The first-order valence-electron chi connectivity index (χ1n) is 8.77. The van der Waals surface area contributed by atoms with Crippen LogP contribution in [-0.2, 0) is 16.1 Å². The summed E-state index contributed by atoms with van der Waals surface area (Å²) in [6.07, 6.45) is 0.195. The molecule has 2 aromatic rings. The SMILES string of the molecule is COc1ccc(N(CCC(=O)NCc2ccc(C)cc2)C(C)=O)c(OC)c1. The van der Waals surface area contributed by atoms with Gasteiger partial charge in [0.2, 0.25) is 11.8 Å². The van der Waals surface area contributed by atoms with Crippen LogP contribution in [0.4, 0.5) is 5.69 Å². The molecule has 0 spiro atoms. The molecule has 0 heterocycles. The van der Waals surface area contributed by atoms with Gasteiger partial charge in [0.15, 0.2) is 0 Å². The third kappa shape index (κ3) is 5.74. The number of benzene rings is 2. The maximum absolute atomic E-state index is 12.2. The van der Waals surface area contributed by atoms with E-state index in [1.807, 2.05) is 31.2 Å². The third-order valence-electron chi connectivity index (χ3n) is 4.23. The zero-order valence-electron chi connectivity index (χ0n) is 16.2. The van der Waals surface area contributed by atoms with E-state index in [1.54, 1.807) is 25.3 Å². The second-order valence-electron chi connectivity index (χ2n) is 6.22. The van der Waals surface area contributed by atoms with Crippen molar-refractivity contribution >= 4 is 17.5 Å². The lowest BCUT2D eigenvalue weighted by molar-refractivity contribution is -0.121. The average molecular weight is 370 g/mol. The normalized spacial score (nSPS) is 10.2. The molecule has 0 radical (unpaired) electrons. The van der Waals surface area contributed by atoms with Crippen molar-refractivity contribution in [1.29, 1.82) is 0 Å². The fourth-order valence-electron chi connectivity index (χ4n) is 2.66. The number of rotatable bonds is 8. The number of hydrogen-bond donors (Lipinski definition) is 1. The minimum atomic E-state index is -0.162. The minimum absolute atomic E-state index is 0.116. The van der Waals surface area contributed by atoms with Gasteiger partial charge in [0.1, 0.15) is 11.5 Å². The summed E-state index contributed by atoms with van der Waals surface area (Å²) in [5.74, 6) is 0.874. The Morgan fingerprint density at radius 3 is 2.33 bits per heavy atom. The molecule has 0 atom stereocenters. The standard InChI is InChI=1S/C21H26N2O4/c1-15-5-7-17(8-6-15)14-22-21(25)11-12-23(16(2)24)19-10-9-18(26-3)13-20(19)27-4/h5-10,13H,11-12,14H2,1-4H3,(H,22,25). The number of hydrogen-bond acceptors (Lipinski definition) is 4. The summed E-state index contributed by atoms with van der Waals surface area (Å²) in [4.78, 5) is 25.8. The monoisotopic (exact) mass is 370 g/mol. The molecule has 0 saturated carbocycles. The Labute approximate surface area is 160 Å². The average Bonchev–Trinajstić information content (AvgIpc) is 2.67. The molecular weight excluding hydrogens is 344 g/mol. The molecule has 144 valence electrons. The molecule has 6 heteroatoms. The predicted octanol–water partition coefficient (Wildman–Crippen LogP) is 3.07. The number of carbonyl (C=O) groups excluding carboxylic acids is 2. The number of anilines is 1. The molecule has 2 amide bonds. The summed E-state index contributed by atoms with van der Waals surface area (Å²) in [5.41, 5.74) is 2.82. The number of methoxy groups -OCH3 is 2. The molecule has 0 aliphatic carbocycles. The Bertz CT molecular complexity index is 787. The number of nitrogens with one attached hydrogen (secondary N) is 1. The van der Waals surface area contributed by atoms with Crippen LogP contribution in [0.25, 0.3) is 0 Å². The Hall–Kier alpha value is -3.02. The van der Waals surface area contributed by atoms with Crippen molar-refractivity contribution in [3.63, 3.8) is 0 Å². The van der Waals surface area contributed by atoms with Crippen LogP contribution in [0.1, 0.15) is 24.5 Å². The van der Waals surface area contributed by atoms with Crippen molar-refractivity contribution < 1.29 is 19.1 Å². The van der Waals surface area contributed by atoms with Crippen LogP contribution in [0.5, 0.6) is 11.5 Å². The van der Waals surface area contributed by atoms with Crippen molar-refractivity contribution in [3.8, 4) is 11.5 Å². The van der Waals surface area contributed by atoms with E-state index in [9.17, 15) is 9.59 Å². The van der Waals surface area contributed by atoms with Gasteiger partial charge in [-0.3, -0.25) is 9.59 Å². The molecule has 0 fully saturated rings. The second kappa shape index (κ2) is 9.62. The lowest BCUT2D eigenvalue weighted by atomic mass is 10.1. The summed E-state index contributed by atoms with van der Waals surface area (Å²) in [5, 5.41) is 2.88. The van der Waals surface area contributed by atoms with Crippen molar-refractivity contribution in [1.82, 2.24) is 5.32 Å². The molecular formula is C21H26N2O4. The van der Waals surface area contributed by atoms with Crippen LogP contribution in [0.2, 0.25) is 0 Å². The van der Waals surface area contributed by atoms with Gasteiger partial charge < -0.3 is 19.7 Å². The van der Waals surface area contributed by atoms with Crippen molar-refractivity contribution in [2.24, 2.45) is 0 Å². The van der Waals surface area contributed by atoms with E-state index in [-0.39, 0.29) is 24.8 Å². The summed E-state index contributed by atoms with van der Waals surface area (Å²) < 4.78 is 10.6. The zero-order valence-corrected chi connectivity index (χ0v) is 16.2. The number of aryl methyl sites for hydroxylation is 1. The van der Waals surface area contributed by atoms with Crippen LogP contribution in [0.15, 0.2) is 42.5 Å². The fourth-order valence-corrected chi connectivity index (χ4v) is 2.66. The van der Waals surface area contributed by atoms with E-state index in [4.69, 9.17) is 9.47 Å². The smallest absolute Gasteiger partial charge is 0.223 e. The van der Waals surface area contributed by atoms with E-state index in [2.05, 4.69) is 5.32 Å². The molecule has 0 aliphatic rings. The summed E-state index contributed by atoms with van der Waals surface area (Å²) in [6.45, 7) is 4.21. The van der Waals surface area contributed by atoms with Gasteiger partial charge in [-0.15, -0.1) is 0 Å². The lowest BCUT2D eigenvalue weighted by Crippen LogP contribution is -2.34. The van der Waals surface area contributed by atoms with E-state index in [0.29, 0.717) is 23.7 Å². The van der Waals surface area contributed by atoms with Crippen LogP contribution in [0.3, 0.4) is 0 Å². The minimum Gasteiger partial charge on any atom is -0.497 e. The van der Waals surface area contributed by atoms with Crippen molar-refractivity contribution in [2.45, 2.75) is 26.8 Å². The van der Waals surface area contributed by atoms with Gasteiger partial charge in [0, 0.05) is 32.5 Å². The number of amides is 2. The highest BCUT2D eigenvalue weighted by Crippen LogP contribution is 2.32. The highest BCUT2D eigenvalue weighted by molar-refractivity contribution is 5.94. The van der Waals surface area contributed by atoms with Gasteiger partial charge in [-0.25, -0.2) is 0 Å². The van der Waals surface area contributed by atoms with Gasteiger partial charge >= 0.3 is 0 Å².